The first-order chi connectivity index (χ1) is 11.8. The van der Waals surface area contributed by atoms with Gasteiger partial charge in [-0.25, -0.2) is 4.98 Å². The molecule has 28 heavy (non-hydrogen) atoms. The van der Waals surface area contributed by atoms with Gasteiger partial charge in [0.05, 0.1) is 11.0 Å². The van der Waals surface area contributed by atoms with Crippen LogP contribution in [0.2, 0.25) is 0 Å². The fourth-order valence-electron chi connectivity index (χ4n) is 3.06. The molecule has 2 heterocycles. The first kappa shape index (κ1) is 28.4. The van der Waals surface area contributed by atoms with Crippen LogP contribution in [0.4, 0.5) is 5.95 Å². The zero-order valence-corrected chi connectivity index (χ0v) is 17.0. The van der Waals surface area contributed by atoms with Crippen LogP contribution in [0.25, 0.3) is 11.0 Å². The van der Waals surface area contributed by atoms with E-state index in [1.165, 1.54) is 11.9 Å². The third-order valence-electron chi connectivity index (χ3n) is 4.31. The molecule has 0 bridgehead atoms. The highest BCUT2D eigenvalue weighted by molar-refractivity contribution is 7.79. The summed E-state index contributed by atoms with van der Waals surface area (Å²) in [5.41, 5.74) is 2.40. The highest BCUT2D eigenvalue weighted by atomic mass is 32.3. The van der Waals surface area contributed by atoms with Crippen LogP contribution in [0.3, 0.4) is 0 Å². The number of para-hydroxylation sites is 2. The number of anilines is 1. The molecule has 2 aromatic rings. The van der Waals surface area contributed by atoms with Gasteiger partial charge in [0.25, 0.3) is 0 Å². The molecule has 1 aliphatic heterocycles. The number of aryl methyl sites for hydroxylation is 1. The fraction of sp³-hybridized carbons (Fsp3) is 0.562. The van der Waals surface area contributed by atoms with Crippen molar-refractivity contribution in [2.75, 3.05) is 37.6 Å². The van der Waals surface area contributed by atoms with Crippen LogP contribution >= 0.6 is 0 Å². The van der Waals surface area contributed by atoms with Crippen molar-refractivity contribution in [1.29, 1.82) is 0 Å². The van der Waals surface area contributed by atoms with Gasteiger partial charge in [-0.2, -0.15) is 8.42 Å². The molecule has 0 saturated heterocycles. The lowest BCUT2D eigenvalue weighted by Crippen LogP contribution is -2.39. The van der Waals surface area contributed by atoms with Crippen molar-refractivity contribution in [1.82, 2.24) is 14.5 Å². The van der Waals surface area contributed by atoms with Gasteiger partial charge in [0.15, 0.2) is 0 Å². The second kappa shape index (κ2) is 12.6. The molecule has 3 rings (SSSR count). The van der Waals surface area contributed by atoms with Gasteiger partial charge in [0, 0.05) is 26.2 Å². The molecule has 12 heteroatoms. The highest BCUT2D eigenvalue weighted by Gasteiger charge is 2.21. The molecule has 0 spiro atoms. The molecule has 164 valence electrons. The second-order valence-electron chi connectivity index (χ2n) is 5.87. The minimum Gasteiger partial charge on any atom is -0.412 e. The Morgan fingerprint density at radius 3 is 2.21 bits per heavy atom. The van der Waals surface area contributed by atoms with E-state index in [4.69, 9.17) is 22.5 Å². The van der Waals surface area contributed by atoms with Crippen molar-refractivity contribution in [2.24, 2.45) is 0 Å². The maximum absolute atomic E-state index is 8.74. The van der Waals surface area contributed by atoms with Crippen LogP contribution in [0.15, 0.2) is 24.3 Å². The molecule has 0 fully saturated rings. The number of nitrogens with zero attached hydrogens (tertiary/aromatic N) is 4. The fourth-order valence-corrected chi connectivity index (χ4v) is 3.06. The number of benzene rings is 1. The van der Waals surface area contributed by atoms with E-state index in [0.29, 0.717) is 0 Å². The molecule has 1 aromatic heterocycles. The Balaban J connectivity index is 0. The molecular formula is C16H32N4O7S. The normalized spacial score (nSPS) is 12.8. The topological polar surface area (TPSA) is 193 Å². The van der Waals surface area contributed by atoms with Crippen LogP contribution in [-0.4, -0.2) is 81.1 Å². The number of imidazole rings is 1. The molecule has 0 amide bonds. The summed E-state index contributed by atoms with van der Waals surface area (Å²) in [6.45, 7) is 11.1. The smallest absolute Gasteiger partial charge is 0.394 e. The predicted octanol–water partition coefficient (Wildman–Crippen LogP) is -0.539. The first-order valence-electron chi connectivity index (χ1n) is 8.46. The Hall–Kier alpha value is -1.80. The number of hydrogen-bond donors (Lipinski definition) is 2. The molecule has 1 aliphatic rings. The average molecular weight is 425 g/mol. The molecule has 0 unspecified atom stereocenters. The zero-order chi connectivity index (χ0) is 18.4. The molecule has 0 aliphatic carbocycles. The minimum atomic E-state index is -4.67. The molecule has 8 N–H and O–H groups in total. The van der Waals surface area contributed by atoms with E-state index >= 15 is 0 Å². The highest BCUT2D eigenvalue weighted by Crippen LogP contribution is 2.26. The Bertz CT molecular complexity index is 785. The van der Waals surface area contributed by atoms with E-state index in [1.807, 2.05) is 0 Å². The Morgan fingerprint density at radius 2 is 1.64 bits per heavy atom. The first-order valence-corrected chi connectivity index (χ1v) is 9.85. The van der Waals surface area contributed by atoms with Crippen molar-refractivity contribution in [2.45, 2.75) is 26.8 Å². The van der Waals surface area contributed by atoms with Gasteiger partial charge < -0.3 is 30.8 Å². The Labute approximate surface area is 165 Å². The van der Waals surface area contributed by atoms with Crippen LogP contribution in [-0.2, 0) is 16.9 Å². The average Bonchev–Trinajstić information content (AvgIpc) is 2.94. The lowest BCUT2D eigenvalue weighted by atomic mass is 10.3. The van der Waals surface area contributed by atoms with E-state index in [1.54, 1.807) is 0 Å². The maximum atomic E-state index is 8.74. The monoisotopic (exact) mass is 424 g/mol. The number of likely N-dealkylation sites (N-methyl/N-ethyl adjacent to an activating group) is 1. The van der Waals surface area contributed by atoms with Gasteiger partial charge in [-0.15, -0.1) is 0 Å². The SMILES string of the molecule is CCN(CC)CCN1CCCn2c1nc1ccccc12.O.O.O.O=S(=O)(O)O. The molecule has 0 saturated carbocycles. The van der Waals surface area contributed by atoms with E-state index in [2.05, 4.69) is 52.5 Å². The number of fused-ring (bicyclic) bond motifs is 3. The van der Waals surface area contributed by atoms with Gasteiger partial charge in [-0.05, 0) is 31.6 Å². The Kier molecular flexibility index (Phi) is 12.8. The van der Waals surface area contributed by atoms with Gasteiger partial charge >= 0.3 is 10.4 Å². The number of rotatable bonds is 5. The Morgan fingerprint density at radius 1 is 1.07 bits per heavy atom. The summed E-state index contributed by atoms with van der Waals surface area (Å²) in [7, 11) is -4.67. The van der Waals surface area contributed by atoms with Crippen LogP contribution < -0.4 is 4.90 Å². The maximum Gasteiger partial charge on any atom is 0.394 e. The van der Waals surface area contributed by atoms with Gasteiger partial charge in [0.1, 0.15) is 0 Å². The lowest BCUT2D eigenvalue weighted by molar-refractivity contribution is 0.307. The molecule has 0 radical (unpaired) electrons. The largest absolute Gasteiger partial charge is 0.412 e. The third kappa shape index (κ3) is 8.06. The van der Waals surface area contributed by atoms with Gasteiger partial charge in [0.2, 0.25) is 5.95 Å². The molecule has 11 nitrogen and oxygen atoms in total. The van der Waals surface area contributed by atoms with E-state index in [-0.39, 0.29) is 16.4 Å². The summed E-state index contributed by atoms with van der Waals surface area (Å²) >= 11 is 0. The van der Waals surface area contributed by atoms with E-state index in [9.17, 15) is 0 Å². The van der Waals surface area contributed by atoms with Crippen molar-refractivity contribution < 1.29 is 34.0 Å². The number of aromatic nitrogens is 2. The standard InChI is InChI=1S/C16H24N4.H2O4S.3H2O/c1-3-18(4-2)12-13-19-10-7-11-20-15-9-6-5-8-14(15)17-16(19)20;1-5(2,3)4;;;/h5-6,8-9H,3-4,7,10-13H2,1-2H3;(H2,1,2,3,4);3*1H2. The van der Waals surface area contributed by atoms with Crippen LogP contribution in [0, 0.1) is 0 Å². The van der Waals surface area contributed by atoms with E-state index in [0.717, 1.165) is 50.7 Å². The van der Waals surface area contributed by atoms with Gasteiger partial charge in [-0.1, -0.05) is 26.0 Å². The van der Waals surface area contributed by atoms with E-state index < -0.39 is 10.4 Å². The summed E-state index contributed by atoms with van der Waals surface area (Å²) in [5.74, 6) is 1.16. The molecule has 0 atom stereocenters. The predicted molar refractivity (Wildman–Crippen MR) is 109 cm³/mol. The number of hydrogen-bond acceptors (Lipinski definition) is 5. The summed E-state index contributed by atoms with van der Waals surface area (Å²) in [6.07, 6.45) is 1.21. The third-order valence-corrected chi connectivity index (χ3v) is 4.31. The quantitative estimate of drug-likeness (QED) is 0.601. The van der Waals surface area contributed by atoms with Crippen molar-refractivity contribution in [3.05, 3.63) is 24.3 Å². The zero-order valence-electron chi connectivity index (χ0n) is 16.2. The van der Waals surface area contributed by atoms with Crippen molar-refractivity contribution >= 4 is 27.4 Å². The van der Waals surface area contributed by atoms with Crippen LogP contribution in [0.1, 0.15) is 20.3 Å². The second-order valence-corrected chi connectivity index (χ2v) is 6.76. The van der Waals surface area contributed by atoms with Crippen molar-refractivity contribution in [3.8, 4) is 0 Å². The summed E-state index contributed by atoms with van der Waals surface area (Å²) < 4.78 is 34.0. The molecule has 1 aromatic carbocycles. The summed E-state index contributed by atoms with van der Waals surface area (Å²) in [4.78, 5) is 9.75. The van der Waals surface area contributed by atoms with Gasteiger partial charge in [-0.3, -0.25) is 9.11 Å². The van der Waals surface area contributed by atoms with Crippen LogP contribution in [0.5, 0.6) is 0 Å². The summed E-state index contributed by atoms with van der Waals surface area (Å²) in [6, 6.07) is 8.47. The lowest BCUT2D eigenvalue weighted by Gasteiger charge is -2.31. The van der Waals surface area contributed by atoms with Crippen molar-refractivity contribution in [3.63, 3.8) is 0 Å². The molecular weight excluding hydrogens is 392 g/mol. The minimum absolute atomic E-state index is 0. The summed E-state index contributed by atoms with van der Waals surface area (Å²) in [5, 5.41) is 0.